The number of benzene rings is 6. The predicted molar refractivity (Wildman–Crippen MR) is 430 cm³/mol. The van der Waals surface area contributed by atoms with E-state index in [1.54, 1.807) is 38.3 Å². The predicted octanol–water partition coefficient (Wildman–Crippen LogP) is 12.9. The number of aromatic nitrogens is 6. The molecule has 40 heteroatoms. The third-order valence-electron chi connectivity index (χ3n) is 21.1. The van der Waals surface area contributed by atoms with Crippen LogP contribution in [0.4, 0.5) is 78.9 Å². The Kier molecular flexibility index (Phi) is 25.7. The normalized spacial score (nSPS) is 18.9. The smallest absolute Gasteiger partial charge is 0.382 e. The van der Waals surface area contributed by atoms with Crippen molar-refractivity contribution in [3.05, 3.63) is 193 Å². The minimum Gasteiger partial charge on any atom is -0.382 e. The van der Waals surface area contributed by atoms with Crippen LogP contribution < -0.4 is 43.2 Å². The largest absolute Gasteiger partial charge is 0.417 e. The van der Waals surface area contributed by atoms with E-state index < -0.39 is 139 Å². The number of anilines is 3. The number of ether oxygens (including phenoxy) is 2. The Bertz CT molecular complexity index is 5770. The second-order valence-corrected chi connectivity index (χ2v) is 32.5. The fraction of sp³-hybridized carbons (Fsp3) is 0.362. The lowest BCUT2D eigenvalue weighted by Gasteiger charge is -2.44. The van der Waals surface area contributed by atoms with Crippen molar-refractivity contribution >= 4 is 115 Å². The van der Waals surface area contributed by atoms with Crippen LogP contribution in [0.25, 0.3) is 66.1 Å². The van der Waals surface area contributed by atoms with Gasteiger partial charge in [-0.1, -0.05) is 43.5 Å². The summed E-state index contributed by atoms with van der Waals surface area (Å²) in [6, 6.07) is 9.32. The molecule has 6 aliphatic heterocycles. The van der Waals surface area contributed by atoms with E-state index in [0.29, 0.717) is 30.7 Å². The first kappa shape index (κ1) is 87.8. The third-order valence-corrected chi connectivity index (χ3v) is 25.1. The average molecular weight is 1760 g/mol. The Labute approximate surface area is 692 Å². The molecule has 4 N–H and O–H groups in total. The molecule has 3 amide bonds. The zero-order valence-corrected chi connectivity index (χ0v) is 67.3. The maximum atomic E-state index is 15.3. The van der Waals surface area contributed by atoms with E-state index in [2.05, 4.69) is 34.7 Å². The van der Waals surface area contributed by atoms with Crippen molar-refractivity contribution < 1.29 is 85.3 Å². The Morgan fingerprint density at radius 2 is 0.892 bits per heavy atom. The van der Waals surface area contributed by atoms with Gasteiger partial charge in [0.25, 0.3) is 0 Å². The van der Waals surface area contributed by atoms with Crippen molar-refractivity contribution in [2.75, 3.05) is 118 Å². The van der Waals surface area contributed by atoms with Crippen molar-refractivity contribution in [1.82, 2.24) is 43.4 Å². The van der Waals surface area contributed by atoms with Crippen LogP contribution in [0.15, 0.2) is 140 Å². The lowest BCUT2D eigenvalue weighted by atomic mass is 9.95. The summed E-state index contributed by atoms with van der Waals surface area (Å²) in [7, 11) is 1.49. The quantitative estimate of drug-likeness (QED) is 0.0471. The molecule has 15 rings (SSSR count). The molecule has 22 nitrogen and oxygen atoms in total. The second kappa shape index (κ2) is 35.2. The lowest BCUT2D eigenvalue weighted by Crippen LogP contribution is -2.58. The minimum atomic E-state index is -5.00. The zero-order chi connectivity index (χ0) is 86.6. The summed E-state index contributed by atoms with van der Waals surface area (Å²) in [4.78, 5) is 99.3. The van der Waals surface area contributed by atoms with Crippen LogP contribution in [-0.2, 0) is 62.0 Å². The van der Waals surface area contributed by atoms with E-state index in [1.807, 2.05) is 0 Å². The van der Waals surface area contributed by atoms with Gasteiger partial charge in [0.05, 0.1) is 64.1 Å². The number of rotatable bonds is 13. The monoisotopic (exact) mass is 1760 g/mol. The summed E-state index contributed by atoms with van der Waals surface area (Å²) < 4.78 is 218. The third kappa shape index (κ3) is 17.6. The molecular formula is C80H75ClF14N14O8S3. The van der Waals surface area contributed by atoms with Crippen LogP contribution in [0, 0.1) is 29.1 Å². The number of halogens is 15. The van der Waals surface area contributed by atoms with Crippen molar-refractivity contribution in [3.8, 4) is 33.4 Å². The Morgan fingerprint density at radius 3 is 1.32 bits per heavy atom. The maximum Gasteiger partial charge on any atom is 0.417 e. The fourth-order valence-corrected chi connectivity index (χ4v) is 19.6. The van der Waals surface area contributed by atoms with Crippen LogP contribution in [0.3, 0.4) is 0 Å². The van der Waals surface area contributed by atoms with Crippen molar-refractivity contribution in [1.29, 1.82) is 0 Å². The van der Waals surface area contributed by atoms with Crippen LogP contribution in [-0.4, -0.2) is 194 Å². The van der Waals surface area contributed by atoms with E-state index in [-0.39, 0.29) is 191 Å². The molecule has 6 aliphatic rings. The topological polar surface area (TPSA) is 246 Å². The molecule has 0 saturated carbocycles. The zero-order valence-electron chi connectivity index (χ0n) is 64.1. The highest BCUT2D eigenvalue weighted by molar-refractivity contribution is 8.00. The molecule has 3 unspecified atom stereocenters. The highest BCUT2D eigenvalue weighted by Crippen LogP contribution is 2.53. The van der Waals surface area contributed by atoms with E-state index in [9.17, 15) is 85.8 Å². The molecule has 3 saturated heterocycles. The maximum absolute atomic E-state index is 15.3. The molecule has 0 bridgehead atoms. The molecule has 9 heterocycles. The SMILES string of the molecule is C=CC(=O)N1CCN(c2nc(=O)n3c4c(c(-c5ccc(F)cc5)c(C(F)(F)F)cc24)SCC(N)C3)CC1.C=CC(=O)N1CCN(c2nc(=O)n3c4c(c(-c5ccc(F)cc5F)c(C(F)(F)F)cc24)SCC(N)C3)CC1.C=CC(=O)N1[C@H](C)CN(c2nc(=O)n3c4c(c(-c5cc(Cl)c(F)cc5F)c(C(F)(F)F)cc24)SCC(OCCOC)C3)C[C@@H]1C. The Balaban J connectivity index is 0.000000156. The molecule has 5 atom stereocenters. The summed E-state index contributed by atoms with van der Waals surface area (Å²) in [5, 5.41) is -0.308. The van der Waals surface area contributed by atoms with Gasteiger partial charge < -0.3 is 50.3 Å². The number of alkyl halides is 9. The molecule has 0 spiro atoms. The Morgan fingerprint density at radius 1 is 0.492 bits per heavy atom. The first-order valence-corrected chi connectivity index (χ1v) is 40.6. The van der Waals surface area contributed by atoms with Gasteiger partial charge in [-0.3, -0.25) is 28.1 Å². The molecule has 0 radical (unpaired) electrons. The van der Waals surface area contributed by atoms with Gasteiger partial charge >= 0.3 is 35.6 Å². The second-order valence-electron chi connectivity index (χ2n) is 29.0. The number of nitrogens with two attached hydrogens (primary N) is 2. The van der Waals surface area contributed by atoms with Gasteiger partial charge in [0.15, 0.2) is 0 Å². The van der Waals surface area contributed by atoms with Gasteiger partial charge in [-0.25, -0.2) is 36.3 Å². The molecule has 3 aromatic heterocycles. The van der Waals surface area contributed by atoms with Crippen molar-refractivity contribution in [2.45, 2.75) is 97.0 Å². The first-order valence-electron chi connectivity index (χ1n) is 37.3. The molecule has 6 aromatic carbocycles. The number of thioether (sulfide) groups is 3. The number of methoxy groups -OCH3 is 1. The van der Waals surface area contributed by atoms with Crippen LogP contribution >= 0.6 is 46.9 Å². The molecule has 9 aromatic rings. The van der Waals surface area contributed by atoms with Crippen molar-refractivity contribution in [2.24, 2.45) is 11.5 Å². The number of hydrogen-bond donors (Lipinski definition) is 2. The summed E-state index contributed by atoms with van der Waals surface area (Å²) in [5.41, 5.74) is 5.65. The first-order chi connectivity index (χ1) is 56.8. The molecule has 120 heavy (non-hydrogen) atoms. The summed E-state index contributed by atoms with van der Waals surface area (Å²) in [6.07, 6.45) is -11.7. The minimum absolute atomic E-state index is 0.000925. The number of hydrogen-bond acceptors (Lipinski definition) is 19. The standard InChI is InChI=1S/C30H30ClF5N4O4S.C25H22F5N5O2S.C25H23F4N5O2S/c1-5-24(41)40-15(2)11-38(12-16(40)3)28-19-8-20(30(34,35)36)25(18-9-21(31)23(33)10-22(18)32)27-26(19)39(29(42)37-28)13-17(14-45-27)44-7-6-43-4;1-2-19(36)33-5-7-34(8-6-33)23-16-10-17(25(28,29)30)20(15-4-3-13(26)9-18(15)27)22-21(16)35(24(37)32-23)11-14(31)12-38-22;1-2-19(35)32-7-9-33(10-8-32)23-17-11-18(25(27,28)29)20(14-3-5-15(26)6-4-14)22-21(17)34(24(36)31-23)12-16(30)13-37-22/h5,8-10,15-17H,1,6-7,11-14H2,2-4H3;2-4,9-10,14H,1,5-8,11-12,31H2;2-6,11,16H,1,7-10,12-13,30H2/t15-,16+,17?;;. The Hall–Kier alpha value is -10.0. The van der Waals surface area contributed by atoms with E-state index >= 15 is 4.39 Å². The molecule has 0 aliphatic carbocycles. The van der Waals surface area contributed by atoms with Gasteiger partial charge in [-0.15, -0.1) is 35.3 Å². The number of carbonyl (C=O) groups excluding carboxylic acids is 3. The number of amides is 3. The molecule has 636 valence electrons. The van der Waals surface area contributed by atoms with Gasteiger partial charge in [0.2, 0.25) is 17.7 Å². The summed E-state index contributed by atoms with van der Waals surface area (Å²) in [5.74, 6) is -5.12. The van der Waals surface area contributed by atoms with Crippen molar-refractivity contribution in [3.63, 3.8) is 0 Å². The number of piperazine rings is 3. The molecule has 3 fully saturated rings. The average Bonchev–Trinajstić information content (AvgIpc) is 1.26. The van der Waals surface area contributed by atoms with E-state index in [0.717, 1.165) is 83.8 Å². The van der Waals surface area contributed by atoms with Crippen LogP contribution in [0.1, 0.15) is 30.5 Å². The van der Waals surface area contributed by atoms with Crippen LogP contribution in [0.2, 0.25) is 5.02 Å². The number of carbonyl (C=O) groups is 3. The lowest BCUT2D eigenvalue weighted by molar-refractivity contribution is -0.137. The van der Waals surface area contributed by atoms with Gasteiger partial charge in [0.1, 0.15) is 46.5 Å². The summed E-state index contributed by atoms with van der Waals surface area (Å²) >= 11 is 9.06. The fourth-order valence-electron chi connectivity index (χ4n) is 15.7. The van der Waals surface area contributed by atoms with Crippen LogP contribution in [0.5, 0.6) is 0 Å². The molecular weight excluding hydrogens is 1680 g/mol. The highest BCUT2D eigenvalue weighted by atomic mass is 35.5. The number of nitrogens with zero attached hydrogens (tertiary/aromatic N) is 12. The van der Waals surface area contributed by atoms with Gasteiger partial charge in [-0.05, 0) is 86.2 Å². The van der Waals surface area contributed by atoms with E-state index in [4.69, 9.17) is 32.5 Å². The van der Waals surface area contributed by atoms with Gasteiger partial charge in [0, 0.05) is 198 Å². The summed E-state index contributed by atoms with van der Waals surface area (Å²) in [6.45, 7) is 17.0. The highest BCUT2D eigenvalue weighted by Gasteiger charge is 2.44. The van der Waals surface area contributed by atoms with E-state index in [1.165, 1.54) is 56.1 Å². The van der Waals surface area contributed by atoms with Gasteiger partial charge in [-0.2, -0.15) is 54.5 Å².